The van der Waals surface area contributed by atoms with E-state index in [1.807, 2.05) is 0 Å². The molecule has 0 aliphatic carbocycles. The molecule has 0 bridgehead atoms. The van der Waals surface area contributed by atoms with Crippen molar-refractivity contribution in [3.05, 3.63) is 35.4 Å². The lowest BCUT2D eigenvalue weighted by Crippen LogP contribution is -2.15. The Balaban J connectivity index is 2.91. The highest BCUT2D eigenvalue weighted by Crippen LogP contribution is 2.33. The van der Waals surface area contributed by atoms with Gasteiger partial charge in [-0.15, -0.1) is 0 Å². The van der Waals surface area contributed by atoms with Gasteiger partial charge in [-0.2, -0.15) is 0 Å². The Morgan fingerprint density at radius 2 is 1.62 bits per heavy atom. The van der Waals surface area contributed by atoms with Crippen molar-refractivity contribution >= 4 is 15.9 Å². The van der Waals surface area contributed by atoms with Crippen LogP contribution in [0.25, 0.3) is 0 Å². The Hall–Kier alpha value is -0.300. The first-order chi connectivity index (χ1) is 7.38. The highest BCUT2D eigenvalue weighted by atomic mass is 79.9. The van der Waals surface area contributed by atoms with E-state index in [0.717, 1.165) is 0 Å². The molecule has 1 atom stereocenters. The van der Waals surface area contributed by atoms with E-state index in [1.165, 1.54) is 17.5 Å². The van der Waals surface area contributed by atoms with Gasteiger partial charge in [0.1, 0.15) is 0 Å². The van der Waals surface area contributed by atoms with Crippen LogP contribution in [0.1, 0.15) is 57.0 Å². The Morgan fingerprint density at radius 1 is 1.12 bits per heavy atom. The maximum absolute atomic E-state index is 3.74. The lowest BCUT2D eigenvalue weighted by Gasteiger charge is -2.24. The van der Waals surface area contributed by atoms with Crippen LogP contribution in [-0.2, 0) is 5.41 Å². The standard InChI is InChI=1S/C15H23Br/c1-6-15(4,5)13-9-7-12(8-10-13)14(16)11(2)3/h7-11,14H,6H2,1-5H3. The lowest BCUT2D eigenvalue weighted by molar-refractivity contribution is 0.506. The normalized spacial score (nSPS) is 14.2. The smallest absolute Gasteiger partial charge is 0.0418 e. The summed E-state index contributed by atoms with van der Waals surface area (Å²) in [6.07, 6.45) is 1.17. The Morgan fingerprint density at radius 3 is 2.00 bits per heavy atom. The van der Waals surface area contributed by atoms with Gasteiger partial charge in [0, 0.05) is 4.83 Å². The number of hydrogen-bond acceptors (Lipinski definition) is 0. The van der Waals surface area contributed by atoms with Crippen LogP contribution in [0, 0.1) is 5.92 Å². The second kappa shape index (κ2) is 5.35. The van der Waals surface area contributed by atoms with Gasteiger partial charge in [-0.05, 0) is 28.9 Å². The van der Waals surface area contributed by atoms with E-state index in [-0.39, 0.29) is 5.41 Å². The summed E-state index contributed by atoms with van der Waals surface area (Å²) in [6.45, 7) is 11.3. The van der Waals surface area contributed by atoms with E-state index in [0.29, 0.717) is 10.7 Å². The van der Waals surface area contributed by atoms with Gasteiger partial charge in [-0.25, -0.2) is 0 Å². The summed E-state index contributed by atoms with van der Waals surface area (Å²) in [5.74, 6) is 0.630. The largest absolute Gasteiger partial charge is 0.0836 e. The molecule has 1 heteroatoms. The lowest BCUT2D eigenvalue weighted by atomic mass is 9.82. The van der Waals surface area contributed by atoms with E-state index >= 15 is 0 Å². The quantitative estimate of drug-likeness (QED) is 0.643. The summed E-state index contributed by atoms with van der Waals surface area (Å²) in [6, 6.07) is 9.06. The average Bonchev–Trinajstić information content (AvgIpc) is 2.28. The molecule has 0 saturated carbocycles. The summed E-state index contributed by atoms with van der Waals surface area (Å²) < 4.78 is 0. The number of halogens is 1. The molecular weight excluding hydrogens is 260 g/mol. The number of benzene rings is 1. The van der Waals surface area contributed by atoms with Crippen molar-refractivity contribution in [2.24, 2.45) is 5.92 Å². The predicted molar refractivity (Wildman–Crippen MR) is 76.3 cm³/mol. The summed E-state index contributed by atoms with van der Waals surface area (Å²) in [5, 5.41) is 0. The first kappa shape index (κ1) is 13.8. The van der Waals surface area contributed by atoms with Crippen LogP contribution in [0.4, 0.5) is 0 Å². The van der Waals surface area contributed by atoms with E-state index in [2.05, 4.69) is 74.8 Å². The zero-order chi connectivity index (χ0) is 12.3. The summed E-state index contributed by atoms with van der Waals surface area (Å²) in [4.78, 5) is 0.464. The number of rotatable bonds is 4. The fourth-order valence-corrected chi connectivity index (χ4v) is 2.01. The first-order valence-electron chi connectivity index (χ1n) is 6.13. The van der Waals surface area contributed by atoms with Crippen molar-refractivity contribution in [3.63, 3.8) is 0 Å². The monoisotopic (exact) mass is 282 g/mol. The minimum Gasteiger partial charge on any atom is -0.0836 e. The molecule has 0 aliphatic rings. The third-order valence-electron chi connectivity index (χ3n) is 3.48. The van der Waals surface area contributed by atoms with E-state index < -0.39 is 0 Å². The molecule has 0 aliphatic heterocycles. The van der Waals surface area contributed by atoms with Crippen molar-refractivity contribution in [3.8, 4) is 0 Å². The average molecular weight is 283 g/mol. The second-order valence-electron chi connectivity index (χ2n) is 5.51. The number of hydrogen-bond donors (Lipinski definition) is 0. The molecule has 1 rings (SSSR count). The molecule has 0 heterocycles. The van der Waals surface area contributed by atoms with Crippen LogP contribution < -0.4 is 0 Å². The van der Waals surface area contributed by atoms with Crippen LogP contribution in [-0.4, -0.2) is 0 Å². The maximum Gasteiger partial charge on any atom is 0.0418 e. The maximum atomic E-state index is 3.74. The minimum absolute atomic E-state index is 0.290. The van der Waals surface area contributed by atoms with E-state index in [4.69, 9.17) is 0 Å². The van der Waals surface area contributed by atoms with Gasteiger partial charge < -0.3 is 0 Å². The minimum atomic E-state index is 0.290. The van der Waals surface area contributed by atoms with Crippen molar-refractivity contribution in [2.75, 3.05) is 0 Å². The molecule has 16 heavy (non-hydrogen) atoms. The first-order valence-corrected chi connectivity index (χ1v) is 7.04. The van der Waals surface area contributed by atoms with Gasteiger partial charge in [0.05, 0.1) is 0 Å². The van der Waals surface area contributed by atoms with Crippen LogP contribution in [0.2, 0.25) is 0 Å². The molecule has 90 valence electrons. The zero-order valence-corrected chi connectivity index (χ0v) is 12.6. The van der Waals surface area contributed by atoms with Crippen LogP contribution >= 0.6 is 15.9 Å². The molecule has 0 spiro atoms. The fourth-order valence-electron chi connectivity index (χ4n) is 1.71. The molecule has 1 aromatic rings. The Bertz CT molecular complexity index is 322. The molecule has 0 amide bonds. The van der Waals surface area contributed by atoms with Crippen LogP contribution in [0.5, 0.6) is 0 Å². The summed E-state index contributed by atoms with van der Waals surface area (Å²) in [5.41, 5.74) is 3.10. The predicted octanol–water partition coefficient (Wildman–Crippen LogP) is 5.47. The van der Waals surface area contributed by atoms with Gasteiger partial charge >= 0.3 is 0 Å². The Kier molecular flexibility index (Phi) is 4.61. The zero-order valence-electron chi connectivity index (χ0n) is 11.0. The second-order valence-corrected chi connectivity index (χ2v) is 6.49. The van der Waals surface area contributed by atoms with E-state index in [1.54, 1.807) is 0 Å². The molecule has 0 radical (unpaired) electrons. The third-order valence-corrected chi connectivity index (χ3v) is 5.07. The molecule has 0 aromatic heterocycles. The van der Waals surface area contributed by atoms with Gasteiger partial charge in [0.2, 0.25) is 0 Å². The molecule has 0 fully saturated rings. The van der Waals surface area contributed by atoms with Gasteiger partial charge in [0.25, 0.3) is 0 Å². The molecule has 0 N–H and O–H groups in total. The van der Waals surface area contributed by atoms with Gasteiger partial charge in [-0.1, -0.05) is 74.8 Å². The molecule has 1 aromatic carbocycles. The topological polar surface area (TPSA) is 0 Å². The van der Waals surface area contributed by atoms with Crippen molar-refractivity contribution in [1.82, 2.24) is 0 Å². The highest BCUT2D eigenvalue weighted by Gasteiger charge is 2.18. The molecule has 1 unspecified atom stereocenters. The molecule has 0 nitrogen and oxygen atoms in total. The fraction of sp³-hybridized carbons (Fsp3) is 0.600. The van der Waals surface area contributed by atoms with Crippen molar-refractivity contribution in [2.45, 2.75) is 51.3 Å². The van der Waals surface area contributed by atoms with Crippen LogP contribution in [0.3, 0.4) is 0 Å². The highest BCUT2D eigenvalue weighted by molar-refractivity contribution is 9.09. The Labute approximate surface area is 109 Å². The third kappa shape index (κ3) is 3.10. The van der Waals surface area contributed by atoms with E-state index in [9.17, 15) is 0 Å². The van der Waals surface area contributed by atoms with Crippen LogP contribution in [0.15, 0.2) is 24.3 Å². The van der Waals surface area contributed by atoms with Gasteiger partial charge in [0.15, 0.2) is 0 Å². The van der Waals surface area contributed by atoms with Crippen molar-refractivity contribution in [1.29, 1.82) is 0 Å². The van der Waals surface area contributed by atoms with Gasteiger partial charge in [-0.3, -0.25) is 0 Å². The molecular formula is C15H23Br. The SMILES string of the molecule is CCC(C)(C)c1ccc(C(Br)C(C)C)cc1. The summed E-state index contributed by atoms with van der Waals surface area (Å²) in [7, 11) is 0. The summed E-state index contributed by atoms with van der Waals surface area (Å²) >= 11 is 3.74. The number of alkyl halides is 1. The molecule has 0 saturated heterocycles. The van der Waals surface area contributed by atoms with Crippen molar-refractivity contribution < 1.29 is 0 Å².